The summed E-state index contributed by atoms with van der Waals surface area (Å²) >= 11 is 1.69. The van der Waals surface area contributed by atoms with Gasteiger partial charge in [0.1, 0.15) is 0 Å². The van der Waals surface area contributed by atoms with Crippen molar-refractivity contribution in [2.75, 3.05) is 31.1 Å². The minimum absolute atomic E-state index is 0.250. The normalized spacial score (nSPS) is 15.2. The van der Waals surface area contributed by atoms with E-state index < -0.39 is 0 Å². The molecule has 0 unspecified atom stereocenters. The second-order valence-electron chi connectivity index (χ2n) is 6.51. The molecule has 1 fully saturated rings. The van der Waals surface area contributed by atoms with E-state index in [9.17, 15) is 4.79 Å². The van der Waals surface area contributed by atoms with E-state index in [-0.39, 0.29) is 5.91 Å². The van der Waals surface area contributed by atoms with Gasteiger partial charge >= 0.3 is 0 Å². The van der Waals surface area contributed by atoms with Crippen molar-refractivity contribution in [1.82, 2.24) is 9.88 Å². The Morgan fingerprint density at radius 1 is 1.17 bits per heavy atom. The maximum Gasteiger partial charge on any atom is 0.222 e. The van der Waals surface area contributed by atoms with Crippen LogP contribution in [-0.4, -0.2) is 42.0 Å². The first-order chi connectivity index (χ1) is 11.6. The number of piperazine rings is 1. The van der Waals surface area contributed by atoms with E-state index in [2.05, 4.69) is 48.4 Å². The fraction of sp³-hybridized carbons (Fsp3) is 0.474. The summed E-state index contributed by atoms with van der Waals surface area (Å²) in [6.45, 7) is 9.66. The SMILES string of the molecule is CCC(=O)N1CCN(c2nc(-c3ccc(C(C)C)cc3)cs2)CC1. The molecule has 1 aromatic heterocycles. The lowest BCUT2D eigenvalue weighted by atomic mass is 10.0. The predicted molar refractivity (Wildman–Crippen MR) is 101 cm³/mol. The molecule has 0 N–H and O–H groups in total. The smallest absolute Gasteiger partial charge is 0.222 e. The first kappa shape index (κ1) is 17.0. The molecule has 0 aliphatic carbocycles. The van der Waals surface area contributed by atoms with Crippen LogP contribution in [0.4, 0.5) is 5.13 Å². The van der Waals surface area contributed by atoms with E-state index in [1.807, 2.05) is 11.8 Å². The van der Waals surface area contributed by atoms with E-state index in [0.29, 0.717) is 12.3 Å². The van der Waals surface area contributed by atoms with Gasteiger partial charge in [0.05, 0.1) is 5.69 Å². The average Bonchev–Trinajstić information content (AvgIpc) is 3.11. The van der Waals surface area contributed by atoms with Crippen LogP contribution in [0.1, 0.15) is 38.7 Å². The monoisotopic (exact) mass is 343 g/mol. The Balaban J connectivity index is 1.67. The number of aromatic nitrogens is 1. The summed E-state index contributed by atoms with van der Waals surface area (Å²) < 4.78 is 0. The molecule has 1 aliphatic heterocycles. The van der Waals surface area contributed by atoms with Gasteiger partial charge in [-0.1, -0.05) is 45.0 Å². The molecular weight excluding hydrogens is 318 g/mol. The van der Waals surface area contributed by atoms with Crippen molar-refractivity contribution < 1.29 is 4.79 Å². The van der Waals surface area contributed by atoms with Gasteiger partial charge < -0.3 is 9.80 Å². The molecule has 1 aliphatic rings. The molecule has 1 saturated heterocycles. The number of thiazole rings is 1. The van der Waals surface area contributed by atoms with E-state index in [1.54, 1.807) is 11.3 Å². The van der Waals surface area contributed by atoms with Crippen LogP contribution in [0.3, 0.4) is 0 Å². The predicted octanol–water partition coefficient (Wildman–Crippen LogP) is 3.99. The Hall–Kier alpha value is -1.88. The van der Waals surface area contributed by atoms with Gasteiger partial charge in [-0.15, -0.1) is 11.3 Å². The van der Waals surface area contributed by atoms with Crippen molar-refractivity contribution in [3.8, 4) is 11.3 Å². The maximum absolute atomic E-state index is 11.8. The topological polar surface area (TPSA) is 36.4 Å². The lowest BCUT2D eigenvalue weighted by Gasteiger charge is -2.34. The molecule has 0 atom stereocenters. The number of carbonyl (C=O) groups is 1. The fourth-order valence-corrected chi connectivity index (χ4v) is 3.84. The largest absolute Gasteiger partial charge is 0.345 e. The van der Waals surface area contributed by atoms with Gasteiger partial charge in [-0.05, 0) is 11.5 Å². The maximum atomic E-state index is 11.8. The number of hydrogen-bond acceptors (Lipinski definition) is 4. The molecule has 128 valence electrons. The standard InChI is InChI=1S/C19H25N3OS/c1-4-18(23)21-9-11-22(12-10-21)19-20-17(13-24-19)16-7-5-15(6-8-16)14(2)3/h5-8,13-14H,4,9-12H2,1-3H3. The Labute approximate surface area is 148 Å². The highest BCUT2D eigenvalue weighted by Crippen LogP contribution is 2.29. The van der Waals surface area contributed by atoms with Crippen LogP contribution in [0.25, 0.3) is 11.3 Å². The van der Waals surface area contributed by atoms with E-state index in [1.165, 1.54) is 11.1 Å². The molecule has 0 spiro atoms. The van der Waals surface area contributed by atoms with Crippen LogP contribution in [0.15, 0.2) is 29.6 Å². The van der Waals surface area contributed by atoms with Crippen molar-refractivity contribution in [2.24, 2.45) is 0 Å². The molecule has 2 aromatic rings. The molecule has 1 amide bonds. The third kappa shape index (κ3) is 3.61. The second kappa shape index (κ2) is 7.34. The molecule has 4 nitrogen and oxygen atoms in total. The zero-order valence-corrected chi connectivity index (χ0v) is 15.5. The van der Waals surface area contributed by atoms with E-state index in [0.717, 1.165) is 37.0 Å². The molecule has 1 aromatic carbocycles. The molecular formula is C19H25N3OS. The third-order valence-electron chi connectivity index (χ3n) is 4.57. The second-order valence-corrected chi connectivity index (χ2v) is 7.35. The van der Waals surface area contributed by atoms with Crippen LogP contribution in [0, 0.1) is 0 Å². The first-order valence-corrected chi connectivity index (χ1v) is 9.55. The van der Waals surface area contributed by atoms with Crippen molar-refractivity contribution in [3.63, 3.8) is 0 Å². The van der Waals surface area contributed by atoms with Crippen molar-refractivity contribution in [1.29, 1.82) is 0 Å². The third-order valence-corrected chi connectivity index (χ3v) is 5.47. The number of amides is 1. The summed E-state index contributed by atoms with van der Waals surface area (Å²) in [5.41, 5.74) is 3.56. The number of hydrogen-bond donors (Lipinski definition) is 0. The van der Waals surface area contributed by atoms with Crippen LogP contribution >= 0.6 is 11.3 Å². The van der Waals surface area contributed by atoms with Crippen LogP contribution in [0.5, 0.6) is 0 Å². The van der Waals surface area contributed by atoms with Gasteiger partial charge in [-0.2, -0.15) is 0 Å². The molecule has 2 heterocycles. The van der Waals surface area contributed by atoms with E-state index >= 15 is 0 Å². The average molecular weight is 343 g/mol. The first-order valence-electron chi connectivity index (χ1n) is 8.67. The molecule has 0 bridgehead atoms. The van der Waals surface area contributed by atoms with Gasteiger partial charge in [0.15, 0.2) is 5.13 Å². The summed E-state index contributed by atoms with van der Waals surface area (Å²) in [5.74, 6) is 0.798. The summed E-state index contributed by atoms with van der Waals surface area (Å²) in [5, 5.41) is 3.19. The highest BCUT2D eigenvalue weighted by Gasteiger charge is 2.22. The number of benzene rings is 1. The summed E-state index contributed by atoms with van der Waals surface area (Å²) in [7, 11) is 0. The lowest BCUT2D eigenvalue weighted by Crippen LogP contribution is -2.48. The van der Waals surface area contributed by atoms with Gasteiger partial charge in [0.25, 0.3) is 0 Å². The van der Waals surface area contributed by atoms with Gasteiger partial charge in [-0.3, -0.25) is 4.79 Å². The molecule has 24 heavy (non-hydrogen) atoms. The zero-order chi connectivity index (χ0) is 17.1. The van der Waals surface area contributed by atoms with Gasteiger partial charge in [-0.25, -0.2) is 4.98 Å². The Bertz CT molecular complexity index is 685. The highest BCUT2D eigenvalue weighted by atomic mass is 32.1. The lowest BCUT2D eigenvalue weighted by molar-refractivity contribution is -0.131. The van der Waals surface area contributed by atoms with Gasteiger partial charge in [0, 0.05) is 43.5 Å². The van der Waals surface area contributed by atoms with Crippen LogP contribution < -0.4 is 4.90 Å². The van der Waals surface area contributed by atoms with Crippen molar-refractivity contribution in [3.05, 3.63) is 35.2 Å². The molecule has 0 radical (unpaired) electrons. The minimum atomic E-state index is 0.250. The Kier molecular flexibility index (Phi) is 5.19. The van der Waals surface area contributed by atoms with Gasteiger partial charge in [0.2, 0.25) is 5.91 Å². The van der Waals surface area contributed by atoms with Crippen molar-refractivity contribution >= 4 is 22.4 Å². The van der Waals surface area contributed by atoms with Crippen molar-refractivity contribution in [2.45, 2.75) is 33.1 Å². The number of rotatable bonds is 4. The number of anilines is 1. The zero-order valence-electron chi connectivity index (χ0n) is 14.7. The molecule has 5 heteroatoms. The fourth-order valence-electron chi connectivity index (χ4n) is 2.95. The van der Waals surface area contributed by atoms with Crippen LogP contribution in [0.2, 0.25) is 0 Å². The molecule has 3 rings (SSSR count). The molecule has 0 saturated carbocycles. The minimum Gasteiger partial charge on any atom is -0.345 e. The quantitative estimate of drug-likeness (QED) is 0.842. The number of nitrogens with zero attached hydrogens (tertiary/aromatic N) is 3. The summed E-state index contributed by atoms with van der Waals surface area (Å²) in [4.78, 5) is 20.8. The van der Waals surface area contributed by atoms with E-state index in [4.69, 9.17) is 4.98 Å². The Morgan fingerprint density at radius 2 is 1.83 bits per heavy atom. The summed E-state index contributed by atoms with van der Waals surface area (Å²) in [6.07, 6.45) is 0.591. The van der Waals surface area contributed by atoms with Crippen LogP contribution in [-0.2, 0) is 4.79 Å². The summed E-state index contributed by atoms with van der Waals surface area (Å²) in [6, 6.07) is 8.69. The highest BCUT2D eigenvalue weighted by molar-refractivity contribution is 7.14. The number of carbonyl (C=O) groups excluding carboxylic acids is 1. The Morgan fingerprint density at radius 3 is 2.42 bits per heavy atom.